The first-order valence-corrected chi connectivity index (χ1v) is 9.13. The van der Waals surface area contributed by atoms with E-state index in [4.69, 9.17) is 5.11 Å². The lowest BCUT2D eigenvalue weighted by atomic mass is 10.1. The molecule has 7 nitrogen and oxygen atoms in total. The van der Waals surface area contributed by atoms with E-state index in [0.717, 1.165) is 5.56 Å². The molecule has 8 heteroatoms. The molecular formula is C18H19N3O4S. The number of hydrogen-bond donors (Lipinski definition) is 2. The molecule has 1 aromatic carbocycles. The number of rotatable bonds is 6. The first-order valence-electron chi connectivity index (χ1n) is 8.25. The summed E-state index contributed by atoms with van der Waals surface area (Å²) >= 11 is 1.18. The highest BCUT2D eigenvalue weighted by Crippen LogP contribution is 2.28. The summed E-state index contributed by atoms with van der Waals surface area (Å²) in [6, 6.07) is 9.62. The topological polar surface area (TPSA) is 99.6 Å². The highest BCUT2D eigenvalue weighted by molar-refractivity contribution is 7.09. The van der Waals surface area contributed by atoms with Gasteiger partial charge in [-0.2, -0.15) is 0 Å². The Morgan fingerprint density at radius 3 is 2.77 bits per heavy atom. The Morgan fingerprint density at radius 1 is 1.38 bits per heavy atom. The molecule has 0 unspecified atom stereocenters. The van der Waals surface area contributed by atoms with Crippen LogP contribution in [0.15, 0.2) is 35.7 Å². The molecule has 1 fully saturated rings. The molecule has 0 spiro atoms. The molecule has 0 radical (unpaired) electrons. The summed E-state index contributed by atoms with van der Waals surface area (Å²) in [6.07, 6.45) is 0.182. The van der Waals surface area contributed by atoms with Crippen molar-refractivity contribution < 1.29 is 19.5 Å². The standard InChI is InChI=1S/C18H19N3O4S/c1-11(12-5-3-2-4-6-12)21-9-13(7-16(21)22)17(23)19-8-15-20-14(10-26-15)18(24)25/h2-6,10-11,13H,7-9H2,1H3,(H,19,23)(H,24,25)/t11-,13-/m1/s1. The van der Waals surface area contributed by atoms with Crippen molar-refractivity contribution in [3.8, 4) is 0 Å². The Bertz CT molecular complexity index is 821. The molecule has 1 aliphatic rings. The van der Waals surface area contributed by atoms with Crippen molar-refractivity contribution >= 4 is 29.1 Å². The lowest BCUT2D eigenvalue weighted by Gasteiger charge is -2.25. The van der Waals surface area contributed by atoms with Gasteiger partial charge in [0.15, 0.2) is 5.69 Å². The van der Waals surface area contributed by atoms with Crippen LogP contribution in [0.5, 0.6) is 0 Å². The fourth-order valence-electron chi connectivity index (χ4n) is 2.99. The van der Waals surface area contributed by atoms with E-state index in [1.807, 2.05) is 37.3 Å². The van der Waals surface area contributed by atoms with Crippen molar-refractivity contribution in [2.24, 2.45) is 5.92 Å². The molecule has 2 heterocycles. The van der Waals surface area contributed by atoms with Gasteiger partial charge in [-0.25, -0.2) is 9.78 Å². The van der Waals surface area contributed by atoms with Gasteiger partial charge in [-0.05, 0) is 12.5 Å². The number of carboxylic acids is 1. The Labute approximate surface area is 154 Å². The highest BCUT2D eigenvalue weighted by atomic mass is 32.1. The molecular weight excluding hydrogens is 354 g/mol. The predicted octanol–water partition coefficient (Wildman–Crippen LogP) is 2.07. The van der Waals surface area contributed by atoms with Crippen LogP contribution in [0.2, 0.25) is 0 Å². The van der Waals surface area contributed by atoms with Crippen LogP contribution in [0.4, 0.5) is 0 Å². The largest absolute Gasteiger partial charge is 0.476 e. The van der Waals surface area contributed by atoms with Crippen molar-refractivity contribution in [1.82, 2.24) is 15.2 Å². The third-order valence-corrected chi connectivity index (χ3v) is 5.31. The normalized spacial score (nSPS) is 18.0. The molecule has 2 aromatic rings. The molecule has 2 amide bonds. The summed E-state index contributed by atoms with van der Waals surface area (Å²) in [7, 11) is 0. The predicted molar refractivity (Wildman–Crippen MR) is 95.6 cm³/mol. The first kappa shape index (κ1) is 18.1. The number of aromatic nitrogens is 1. The summed E-state index contributed by atoms with van der Waals surface area (Å²) in [6.45, 7) is 2.49. The van der Waals surface area contributed by atoms with Gasteiger partial charge >= 0.3 is 5.97 Å². The van der Waals surface area contributed by atoms with Crippen LogP contribution in [0.25, 0.3) is 0 Å². The number of carboxylic acid groups (broad SMARTS) is 1. The van der Waals surface area contributed by atoms with Crippen molar-refractivity contribution in [2.75, 3.05) is 6.54 Å². The second kappa shape index (κ2) is 7.65. The molecule has 0 bridgehead atoms. The van der Waals surface area contributed by atoms with E-state index >= 15 is 0 Å². The van der Waals surface area contributed by atoms with E-state index in [-0.39, 0.29) is 36.5 Å². The summed E-state index contributed by atoms with van der Waals surface area (Å²) in [5.74, 6) is -1.75. The molecule has 1 aromatic heterocycles. The Morgan fingerprint density at radius 2 is 2.12 bits per heavy atom. The lowest BCUT2D eigenvalue weighted by Crippen LogP contribution is -2.33. The third kappa shape index (κ3) is 3.91. The van der Waals surface area contributed by atoms with Gasteiger partial charge in [0.25, 0.3) is 0 Å². The lowest BCUT2D eigenvalue weighted by molar-refractivity contribution is -0.130. The van der Waals surface area contributed by atoms with E-state index in [2.05, 4.69) is 10.3 Å². The van der Waals surface area contributed by atoms with Crippen LogP contribution in [-0.4, -0.2) is 39.3 Å². The van der Waals surface area contributed by atoms with Gasteiger partial charge in [0.1, 0.15) is 5.01 Å². The van der Waals surface area contributed by atoms with Crippen LogP contribution in [0.1, 0.15) is 40.4 Å². The van der Waals surface area contributed by atoms with Crippen molar-refractivity contribution in [3.05, 3.63) is 52.0 Å². The van der Waals surface area contributed by atoms with Gasteiger partial charge in [0, 0.05) is 18.3 Å². The van der Waals surface area contributed by atoms with E-state index in [9.17, 15) is 14.4 Å². The van der Waals surface area contributed by atoms with E-state index < -0.39 is 11.9 Å². The average Bonchev–Trinajstić information content (AvgIpc) is 3.27. The molecule has 1 saturated heterocycles. The monoisotopic (exact) mass is 373 g/mol. The second-order valence-electron chi connectivity index (χ2n) is 6.18. The molecule has 136 valence electrons. The average molecular weight is 373 g/mol. The summed E-state index contributed by atoms with van der Waals surface area (Å²) in [4.78, 5) is 41.2. The van der Waals surface area contributed by atoms with Gasteiger partial charge in [-0.15, -0.1) is 11.3 Å². The van der Waals surface area contributed by atoms with Crippen LogP contribution >= 0.6 is 11.3 Å². The maximum atomic E-state index is 12.4. The van der Waals surface area contributed by atoms with Crippen LogP contribution in [-0.2, 0) is 16.1 Å². The second-order valence-corrected chi connectivity index (χ2v) is 7.13. The fraction of sp³-hybridized carbons (Fsp3) is 0.333. The van der Waals surface area contributed by atoms with Gasteiger partial charge in [0.05, 0.1) is 18.5 Å². The zero-order valence-corrected chi connectivity index (χ0v) is 15.0. The van der Waals surface area contributed by atoms with E-state index in [0.29, 0.717) is 11.6 Å². The van der Waals surface area contributed by atoms with Crippen LogP contribution < -0.4 is 5.32 Å². The molecule has 3 rings (SSSR count). The molecule has 2 N–H and O–H groups in total. The smallest absolute Gasteiger partial charge is 0.355 e. The zero-order chi connectivity index (χ0) is 18.7. The minimum absolute atomic E-state index is 0.0295. The van der Waals surface area contributed by atoms with Gasteiger partial charge in [0.2, 0.25) is 11.8 Å². The van der Waals surface area contributed by atoms with Crippen molar-refractivity contribution in [3.63, 3.8) is 0 Å². The molecule has 1 aliphatic heterocycles. The van der Waals surface area contributed by atoms with Gasteiger partial charge in [-0.1, -0.05) is 30.3 Å². The number of thiazole rings is 1. The SMILES string of the molecule is C[C@H](c1ccccc1)N1C[C@H](C(=O)NCc2nc(C(=O)O)cs2)CC1=O. The number of carbonyl (C=O) groups is 3. The Balaban J connectivity index is 1.57. The number of likely N-dealkylation sites (tertiary alicyclic amines) is 1. The Kier molecular flexibility index (Phi) is 5.32. The quantitative estimate of drug-likeness (QED) is 0.807. The molecule has 26 heavy (non-hydrogen) atoms. The summed E-state index contributed by atoms with van der Waals surface area (Å²) < 4.78 is 0. The third-order valence-electron chi connectivity index (χ3n) is 4.46. The summed E-state index contributed by atoms with van der Waals surface area (Å²) in [5.41, 5.74) is 1.00. The molecule has 0 aliphatic carbocycles. The van der Waals surface area contributed by atoms with Crippen molar-refractivity contribution in [2.45, 2.75) is 25.9 Å². The minimum atomic E-state index is -1.09. The maximum Gasteiger partial charge on any atom is 0.355 e. The van der Waals surface area contributed by atoms with Crippen LogP contribution in [0.3, 0.4) is 0 Å². The van der Waals surface area contributed by atoms with E-state index in [1.165, 1.54) is 16.7 Å². The fourth-order valence-corrected chi connectivity index (χ4v) is 3.70. The number of benzene rings is 1. The number of hydrogen-bond acceptors (Lipinski definition) is 5. The number of carbonyl (C=O) groups excluding carboxylic acids is 2. The summed E-state index contributed by atoms with van der Waals surface area (Å²) in [5, 5.41) is 13.6. The maximum absolute atomic E-state index is 12.4. The minimum Gasteiger partial charge on any atom is -0.476 e. The number of nitrogens with zero attached hydrogens (tertiary/aromatic N) is 2. The van der Waals surface area contributed by atoms with E-state index in [1.54, 1.807) is 4.90 Å². The van der Waals surface area contributed by atoms with Gasteiger partial charge < -0.3 is 15.3 Å². The first-order chi connectivity index (χ1) is 12.5. The van der Waals surface area contributed by atoms with Crippen molar-refractivity contribution in [1.29, 1.82) is 0 Å². The number of amides is 2. The zero-order valence-electron chi connectivity index (χ0n) is 14.2. The molecule has 2 atom stereocenters. The highest BCUT2D eigenvalue weighted by Gasteiger charge is 2.36. The van der Waals surface area contributed by atoms with Gasteiger partial charge in [-0.3, -0.25) is 9.59 Å². The number of aromatic carboxylic acids is 1. The Hall–Kier alpha value is -2.74. The van der Waals surface area contributed by atoms with Crippen LogP contribution in [0, 0.1) is 5.92 Å². The number of nitrogens with one attached hydrogen (secondary N) is 1. The molecule has 0 saturated carbocycles.